The second-order valence-corrected chi connectivity index (χ2v) is 5.96. The van der Waals surface area contributed by atoms with Gasteiger partial charge in [-0.2, -0.15) is 0 Å². The van der Waals surface area contributed by atoms with Crippen molar-refractivity contribution in [2.45, 2.75) is 0 Å². The zero-order valence-electron chi connectivity index (χ0n) is 12.3. The number of urea groups is 1. The van der Waals surface area contributed by atoms with Crippen molar-refractivity contribution < 1.29 is 4.79 Å². The normalized spacial score (nSPS) is 10.8. The summed E-state index contributed by atoms with van der Waals surface area (Å²) in [6.07, 6.45) is 3.46. The molecule has 3 rings (SSSR count). The van der Waals surface area contributed by atoms with Crippen LogP contribution in [0.25, 0.3) is 16.8 Å². The van der Waals surface area contributed by atoms with Gasteiger partial charge in [-0.05, 0) is 46.7 Å². The van der Waals surface area contributed by atoms with Crippen LogP contribution in [0.2, 0.25) is 0 Å². The Morgan fingerprint density at radius 2 is 1.74 bits per heavy atom. The standard InChI is InChI=1S/C19H15BrN2O/c20-17-7-3-4-14(12-17)10-11-21-19(23)22-18-9-8-15-5-1-2-6-16(15)13-18/h1-13H,(H2,21,22,23)/b11-10+. The molecule has 0 aliphatic rings. The average molecular weight is 367 g/mol. The molecule has 0 aliphatic heterocycles. The van der Waals surface area contributed by atoms with Crippen molar-refractivity contribution in [2.24, 2.45) is 0 Å². The lowest BCUT2D eigenvalue weighted by Gasteiger charge is -2.06. The minimum absolute atomic E-state index is 0.272. The number of amides is 2. The Bertz CT molecular complexity index is 874. The highest BCUT2D eigenvalue weighted by Crippen LogP contribution is 2.18. The molecule has 0 spiro atoms. The number of halogens is 1. The molecule has 0 atom stereocenters. The van der Waals surface area contributed by atoms with E-state index in [9.17, 15) is 4.79 Å². The lowest BCUT2D eigenvalue weighted by atomic mass is 10.1. The highest BCUT2D eigenvalue weighted by atomic mass is 79.9. The van der Waals surface area contributed by atoms with Crippen molar-refractivity contribution in [3.63, 3.8) is 0 Å². The first kappa shape index (κ1) is 15.3. The third-order valence-electron chi connectivity index (χ3n) is 3.35. The Hall–Kier alpha value is -2.59. The van der Waals surface area contributed by atoms with Crippen LogP contribution in [0.5, 0.6) is 0 Å². The second-order valence-electron chi connectivity index (χ2n) is 5.05. The van der Waals surface area contributed by atoms with Gasteiger partial charge < -0.3 is 10.6 Å². The number of hydrogen-bond acceptors (Lipinski definition) is 1. The molecule has 0 bridgehead atoms. The van der Waals surface area contributed by atoms with Crippen molar-refractivity contribution in [3.8, 4) is 0 Å². The number of hydrogen-bond donors (Lipinski definition) is 2. The van der Waals surface area contributed by atoms with Crippen LogP contribution >= 0.6 is 15.9 Å². The van der Waals surface area contributed by atoms with Crippen molar-refractivity contribution in [2.75, 3.05) is 5.32 Å². The number of fused-ring (bicyclic) bond motifs is 1. The predicted molar refractivity (Wildman–Crippen MR) is 99.3 cm³/mol. The molecule has 2 N–H and O–H groups in total. The second kappa shape index (κ2) is 7.11. The van der Waals surface area contributed by atoms with Crippen LogP contribution in [0.4, 0.5) is 10.5 Å². The van der Waals surface area contributed by atoms with Crippen molar-refractivity contribution in [3.05, 3.63) is 83.0 Å². The molecule has 0 heterocycles. The van der Waals surface area contributed by atoms with Crippen LogP contribution in [0.15, 0.2) is 77.4 Å². The van der Waals surface area contributed by atoms with E-state index in [1.54, 1.807) is 6.20 Å². The summed E-state index contributed by atoms with van der Waals surface area (Å²) in [5.41, 5.74) is 1.77. The lowest BCUT2D eigenvalue weighted by Crippen LogP contribution is -2.23. The molecule has 0 saturated carbocycles. The molecule has 0 aromatic heterocycles. The van der Waals surface area contributed by atoms with Gasteiger partial charge in [-0.15, -0.1) is 0 Å². The fourth-order valence-electron chi connectivity index (χ4n) is 2.26. The van der Waals surface area contributed by atoms with Gasteiger partial charge in [0.15, 0.2) is 0 Å². The van der Waals surface area contributed by atoms with Crippen molar-refractivity contribution in [1.82, 2.24) is 5.32 Å². The third kappa shape index (κ3) is 4.20. The molecule has 3 nitrogen and oxygen atoms in total. The summed E-state index contributed by atoms with van der Waals surface area (Å²) in [5, 5.41) is 7.76. The minimum atomic E-state index is -0.272. The predicted octanol–water partition coefficient (Wildman–Crippen LogP) is 5.39. The monoisotopic (exact) mass is 366 g/mol. The Kier molecular flexibility index (Phi) is 4.74. The quantitative estimate of drug-likeness (QED) is 0.640. The number of carbonyl (C=O) groups excluding carboxylic acids is 1. The maximum absolute atomic E-state index is 11.9. The number of rotatable bonds is 3. The first-order valence-corrected chi connectivity index (χ1v) is 7.98. The summed E-state index contributed by atoms with van der Waals surface area (Å²) in [4.78, 5) is 11.9. The van der Waals surface area contributed by atoms with E-state index in [0.29, 0.717) is 0 Å². The molecular formula is C19H15BrN2O. The molecule has 2 amide bonds. The van der Waals surface area contributed by atoms with Crippen LogP contribution in [0.1, 0.15) is 5.56 Å². The summed E-state index contributed by atoms with van der Waals surface area (Å²) in [7, 11) is 0. The fourth-order valence-corrected chi connectivity index (χ4v) is 2.68. The van der Waals surface area contributed by atoms with Crippen molar-refractivity contribution >= 4 is 44.5 Å². The summed E-state index contributed by atoms with van der Waals surface area (Å²) in [6.45, 7) is 0. The van der Waals surface area contributed by atoms with E-state index >= 15 is 0 Å². The van der Waals surface area contributed by atoms with Gasteiger partial charge >= 0.3 is 6.03 Å². The molecule has 0 fully saturated rings. The van der Waals surface area contributed by atoms with Gasteiger partial charge in [0, 0.05) is 16.4 Å². The topological polar surface area (TPSA) is 41.1 Å². The number of benzene rings is 3. The SMILES string of the molecule is O=C(N/C=C/c1cccc(Br)c1)Nc1ccc2ccccc2c1. The first-order chi connectivity index (χ1) is 11.2. The van der Waals surface area contributed by atoms with Gasteiger partial charge in [-0.25, -0.2) is 4.79 Å². The molecule has 23 heavy (non-hydrogen) atoms. The Labute approximate surface area is 143 Å². The van der Waals surface area contributed by atoms with Crippen LogP contribution in [0, 0.1) is 0 Å². The van der Waals surface area contributed by atoms with Gasteiger partial charge in [-0.1, -0.05) is 58.4 Å². The summed E-state index contributed by atoms with van der Waals surface area (Å²) in [6, 6.07) is 21.4. The molecule has 0 saturated heterocycles. The highest BCUT2D eigenvalue weighted by molar-refractivity contribution is 9.10. The highest BCUT2D eigenvalue weighted by Gasteiger charge is 2.00. The number of anilines is 1. The minimum Gasteiger partial charge on any atom is -0.314 e. The van der Waals surface area contributed by atoms with Crippen LogP contribution in [-0.4, -0.2) is 6.03 Å². The van der Waals surface area contributed by atoms with E-state index in [4.69, 9.17) is 0 Å². The summed E-state index contributed by atoms with van der Waals surface area (Å²) < 4.78 is 1.00. The van der Waals surface area contributed by atoms with Gasteiger partial charge in [0.2, 0.25) is 0 Å². The Balaban J connectivity index is 1.62. The van der Waals surface area contributed by atoms with E-state index in [1.807, 2.05) is 72.8 Å². The maximum atomic E-state index is 11.9. The molecule has 3 aromatic rings. The summed E-state index contributed by atoms with van der Waals surface area (Å²) >= 11 is 3.41. The number of nitrogens with one attached hydrogen (secondary N) is 2. The van der Waals surface area contributed by atoms with Gasteiger partial charge in [0.05, 0.1) is 0 Å². The molecule has 114 valence electrons. The maximum Gasteiger partial charge on any atom is 0.323 e. The third-order valence-corrected chi connectivity index (χ3v) is 3.84. The van der Waals surface area contributed by atoms with Crippen LogP contribution < -0.4 is 10.6 Å². The van der Waals surface area contributed by atoms with Crippen LogP contribution in [0.3, 0.4) is 0 Å². The molecular weight excluding hydrogens is 352 g/mol. The van der Waals surface area contributed by atoms with E-state index < -0.39 is 0 Å². The number of carbonyl (C=O) groups is 1. The molecule has 0 radical (unpaired) electrons. The van der Waals surface area contributed by atoms with Gasteiger partial charge in [0.1, 0.15) is 0 Å². The average Bonchev–Trinajstić information content (AvgIpc) is 2.55. The van der Waals surface area contributed by atoms with Gasteiger partial charge in [-0.3, -0.25) is 0 Å². The zero-order chi connectivity index (χ0) is 16.1. The zero-order valence-corrected chi connectivity index (χ0v) is 13.9. The summed E-state index contributed by atoms with van der Waals surface area (Å²) in [5.74, 6) is 0. The molecule has 0 aliphatic carbocycles. The lowest BCUT2D eigenvalue weighted by molar-refractivity contribution is 0.255. The largest absolute Gasteiger partial charge is 0.323 e. The van der Waals surface area contributed by atoms with Crippen LogP contribution in [-0.2, 0) is 0 Å². The van der Waals surface area contributed by atoms with E-state index in [-0.39, 0.29) is 6.03 Å². The molecule has 4 heteroatoms. The fraction of sp³-hybridized carbons (Fsp3) is 0. The Morgan fingerprint density at radius 1 is 0.913 bits per heavy atom. The van der Waals surface area contributed by atoms with E-state index in [2.05, 4.69) is 26.6 Å². The van der Waals surface area contributed by atoms with Gasteiger partial charge in [0.25, 0.3) is 0 Å². The molecule has 3 aromatic carbocycles. The smallest absolute Gasteiger partial charge is 0.314 e. The van der Waals surface area contributed by atoms with E-state index in [0.717, 1.165) is 26.5 Å². The van der Waals surface area contributed by atoms with Crippen molar-refractivity contribution in [1.29, 1.82) is 0 Å². The first-order valence-electron chi connectivity index (χ1n) is 7.19. The molecule has 0 unspecified atom stereocenters. The van der Waals surface area contributed by atoms with E-state index in [1.165, 1.54) is 0 Å². The Morgan fingerprint density at radius 3 is 2.57 bits per heavy atom.